The molecule has 0 spiro atoms. The molecule has 74 valence electrons. The van der Waals surface area contributed by atoms with Crippen LogP contribution >= 0.6 is 22.7 Å². The largest absolute Gasteiger partial charge is 0.356 e. The van der Waals surface area contributed by atoms with Crippen molar-refractivity contribution in [2.45, 2.75) is 0 Å². The fourth-order valence-corrected chi connectivity index (χ4v) is 2.68. The van der Waals surface area contributed by atoms with Crippen molar-refractivity contribution in [2.75, 3.05) is 0 Å². The number of nitrogens with zero attached hydrogens (tertiary/aromatic N) is 1. The minimum absolute atomic E-state index is 0.833. The van der Waals surface area contributed by atoms with Gasteiger partial charge >= 0.3 is 0 Å². The molecule has 0 fully saturated rings. The molecule has 0 N–H and O–H groups in total. The van der Waals surface area contributed by atoms with E-state index in [1.165, 1.54) is 0 Å². The van der Waals surface area contributed by atoms with Gasteiger partial charge in [0, 0.05) is 17.0 Å². The lowest BCUT2D eigenvalue weighted by molar-refractivity contribution is 0.435. The standard InChI is InChI=1S/C11H7NOS2/c1-2-11(15-4-1)9-6-10(13-12-9)8-3-5-14-7-8/h1-7H. The molecule has 0 aliphatic carbocycles. The fraction of sp³-hybridized carbons (Fsp3) is 0. The van der Waals surface area contributed by atoms with Gasteiger partial charge in [0.25, 0.3) is 0 Å². The number of hydrogen-bond donors (Lipinski definition) is 0. The molecule has 0 atom stereocenters. The number of hydrogen-bond acceptors (Lipinski definition) is 4. The van der Waals surface area contributed by atoms with Crippen LogP contribution in [-0.2, 0) is 0 Å². The first-order valence-electron chi connectivity index (χ1n) is 4.46. The Balaban J connectivity index is 2.02. The highest BCUT2D eigenvalue weighted by Gasteiger charge is 2.08. The van der Waals surface area contributed by atoms with Crippen LogP contribution in [0.4, 0.5) is 0 Å². The van der Waals surface area contributed by atoms with Gasteiger partial charge in [-0.25, -0.2) is 0 Å². The van der Waals surface area contributed by atoms with E-state index in [9.17, 15) is 0 Å². The average molecular weight is 233 g/mol. The van der Waals surface area contributed by atoms with Crippen molar-refractivity contribution in [3.63, 3.8) is 0 Å². The Hall–Kier alpha value is -1.39. The summed E-state index contributed by atoms with van der Waals surface area (Å²) < 4.78 is 5.30. The molecular weight excluding hydrogens is 226 g/mol. The van der Waals surface area contributed by atoms with Crippen molar-refractivity contribution in [1.82, 2.24) is 5.16 Å². The molecule has 15 heavy (non-hydrogen) atoms. The zero-order chi connectivity index (χ0) is 10.1. The lowest BCUT2D eigenvalue weighted by Crippen LogP contribution is -1.66. The summed E-state index contributed by atoms with van der Waals surface area (Å²) in [6, 6.07) is 8.07. The van der Waals surface area contributed by atoms with Crippen molar-refractivity contribution in [2.24, 2.45) is 0 Å². The van der Waals surface area contributed by atoms with Gasteiger partial charge < -0.3 is 4.52 Å². The van der Waals surface area contributed by atoms with Crippen molar-refractivity contribution in [1.29, 1.82) is 0 Å². The predicted molar refractivity (Wildman–Crippen MR) is 63.1 cm³/mol. The van der Waals surface area contributed by atoms with Crippen molar-refractivity contribution < 1.29 is 4.52 Å². The summed E-state index contributed by atoms with van der Waals surface area (Å²) in [5.41, 5.74) is 2.00. The van der Waals surface area contributed by atoms with Gasteiger partial charge in [0.05, 0.1) is 4.88 Å². The van der Waals surface area contributed by atoms with E-state index in [1.54, 1.807) is 22.7 Å². The minimum atomic E-state index is 0.833. The van der Waals surface area contributed by atoms with Gasteiger partial charge in [-0.15, -0.1) is 11.3 Å². The van der Waals surface area contributed by atoms with Crippen LogP contribution in [0.2, 0.25) is 0 Å². The van der Waals surface area contributed by atoms with E-state index in [0.29, 0.717) is 0 Å². The molecule has 0 saturated carbocycles. The summed E-state index contributed by atoms with van der Waals surface area (Å²) in [7, 11) is 0. The molecular formula is C11H7NOS2. The average Bonchev–Trinajstić information content (AvgIpc) is 3.02. The Morgan fingerprint density at radius 2 is 2.20 bits per heavy atom. The normalized spacial score (nSPS) is 10.7. The second-order valence-corrected chi connectivity index (χ2v) is 4.79. The molecule has 3 aromatic rings. The first-order chi connectivity index (χ1) is 7.43. The van der Waals surface area contributed by atoms with Crippen LogP contribution in [-0.4, -0.2) is 5.16 Å². The molecule has 0 saturated heterocycles. The second-order valence-electron chi connectivity index (χ2n) is 3.07. The monoisotopic (exact) mass is 233 g/mol. The third-order valence-corrected chi connectivity index (χ3v) is 3.67. The highest BCUT2D eigenvalue weighted by Crippen LogP contribution is 2.29. The van der Waals surface area contributed by atoms with Gasteiger partial charge in [0.15, 0.2) is 5.76 Å². The highest BCUT2D eigenvalue weighted by atomic mass is 32.1. The summed E-state index contributed by atoms with van der Waals surface area (Å²) in [5.74, 6) is 0.833. The van der Waals surface area contributed by atoms with Gasteiger partial charge in [-0.05, 0) is 22.9 Å². The molecule has 0 aliphatic rings. The van der Waals surface area contributed by atoms with E-state index in [4.69, 9.17) is 4.52 Å². The topological polar surface area (TPSA) is 26.0 Å². The lowest BCUT2D eigenvalue weighted by Gasteiger charge is -1.84. The Morgan fingerprint density at radius 1 is 1.20 bits per heavy atom. The summed E-state index contributed by atoms with van der Waals surface area (Å²) >= 11 is 3.32. The summed E-state index contributed by atoms with van der Waals surface area (Å²) in [6.07, 6.45) is 0. The quantitative estimate of drug-likeness (QED) is 0.665. The third kappa shape index (κ3) is 1.62. The van der Waals surface area contributed by atoms with Crippen LogP contribution in [0.15, 0.2) is 44.9 Å². The Labute approximate surface area is 94.8 Å². The maximum atomic E-state index is 5.30. The zero-order valence-corrected chi connectivity index (χ0v) is 9.35. The molecule has 3 aromatic heterocycles. The number of aromatic nitrogens is 1. The van der Waals surface area contributed by atoms with E-state index < -0.39 is 0 Å². The number of thiophene rings is 2. The third-order valence-electron chi connectivity index (χ3n) is 2.09. The van der Waals surface area contributed by atoms with Gasteiger partial charge in [0.1, 0.15) is 5.69 Å². The van der Waals surface area contributed by atoms with E-state index in [1.807, 2.05) is 35.0 Å². The predicted octanol–water partition coefficient (Wildman–Crippen LogP) is 4.13. The smallest absolute Gasteiger partial charge is 0.168 e. The van der Waals surface area contributed by atoms with Crippen molar-refractivity contribution >= 4 is 22.7 Å². The van der Waals surface area contributed by atoms with Gasteiger partial charge in [-0.3, -0.25) is 0 Å². The Kier molecular flexibility index (Phi) is 2.16. The van der Waals surface area contributed by atoms with Crippen LogP contribution in [0.1, 0.15) is 0 Å². The van der Waals surface area contributed by atoms with Crippen LogP contribution in [0.3, 0.4) is 0 Å². The molecule has 3 heterocycles. The first kappa shape index (κ1) is 8.88. The first-order valence-corrected chi connectivity index (χ1v) is 6.29. The number of rotatable bonds is 2. The molecule has 0 unspecified atom stereocenters. The summed E-state index contributed by atoms with van der Waals surface area (Å²) in [4.78, 5) is 1.14. The fourth-order valence-electron chi connectivity index (χ4n) is 1.36. The van der Waals surface area contributed by atoms with E-state index in [-0.39, 0.29) is 0 Å². The Bertz CT molecular complexity index is 488. The van der Waals surface area contributed by atoms with E-state index in [0.717, 1.165) is 21.9 Å². The van der Waals surface area contributed by atoms with E-state index in [2.05, 4.69) is 10.5 Å². The molecule has 0 bridgehead atoms. The van der Waals surface area contributed by atoms with E-state index >= 15 is 0 Å². The molecule has 3 rings (SSSR count). The maximum Gasteiger partial charge on any atom is 0.168 e. The highest BCUT2D eigenvalue weighted by molar-refractivity contribution is 7.13. The maximum absolute atomic E-state index is 5.30. The van der Waals surface area contributed by atoms with Gasteiger partial charge in [-0.1, -0.05) is 11.2 Å². The molecule has 2 nitrogen and oxygen atoms in total. The molecule has 0 aromatic carbocycles. The van der Waals surface area contributed by atoms with Crippen molar-refractivity contribution in [3.8, 4) is 21.9 Å². The van der Waals surface area contributed by atoms with Gasteiger partial charge in [0.2, 0.25) is 0 Å². The van der Waals surface area contributed by atoms with Crippen LogP contribution < -0.4 is 0 Å². The minimum Gasteiger partial charge on any atom is -0.356 e. The van der Waals surface area contributed by atoms with Crippen LogP contribution in [0.5, 0.6) is 0 Å². The summed E-state index contributed by atoms with van der Waals surface area (Å²) in [5, 5.41) is 10.2. The molecule has 0 aliphatic heterocycles. The lowest BCUT2D eigenvalue weighted by atomic mass is 10.2. The summed E-state index contributed by atoms with van der Waals surface area (Å²) in [6.45, 7) is 0. The molecule has 0 radical (unpaired) electrons. The SMILES string of the molecule is c1csc(-c2cc(-c3ccsc3)on2)c1. The van der Waals surface area contributed by atoms with Crippen molar-refractivity contribution in [3.05, 3.63) is 40.4 Å². The van der Waals surface area contributed by atoms with Crippen LogP contribution in [0.25, 0.3) is 21.9 Å². The Morgan fingerprint density at radius 3 is 2.93 bits per heavy atom. The van der Waals surface area contributed by atoms with Gasteiger partial charge in [-0.2, -0.15) is 11.3 Å². The molecule has 4 heteroatoms. The molecule has 0 amide bonds. The zero-order valence-electron chi connectivity index (χ0n) is 7.71. The van der Waals surface area contributed by atoms with Crippen LogP contribution in [0, 0.1) is 0 Å². The second kappa shape index (κ2) is 3.64.